The van der Waals surface area contributed by atoms with Gasteiger partial charge in [0.25, 0.3) is 0 Å². The minimum Gasteiger partial charge on any atom is -0.342 e. The molecule has 2 amide bonds. The molecule has 2 aliphatic heterocycles. The van der Waals surface area contributed by atoms with E-state index in [0.717, 1.165) is 45.3 Å². The van der Waals surface area contributed by atoms with Crippen LogP contribution in [0.5, 0.6) is 0 Å². The minimum absolute atomic E-state index is 0.234. The maximum Gasteiger partial charge on any atom is 0.228 e. The average Bonchev–Trinajstić information content (AvgIpc) is 3.04. The molecule has 2 rings (SSSR count). The van der Waals surface area contributed by atoms with E-state index in [4.69, 9.17) is 0 Å². The van der Waals surface area contributed by atoms with Crippen molar-refractivity contribution in [1.29, 1.82) is 0 Å². The molecule has 4 heteroatoms. The Hall–Kier alpha value is -1.06. The van der Waals surface area contributed by atoms with E-state index in [2.05, 4.69) is 25.7 Å². The van der Waals surface area contributed by atoms with E-state index in [1.165, 1.54) is 0 Å². The van der Waals surface area contributed by atoms with Crippen LogP contribution in [0.15, 0.2) is 0 Å². The van der Waals surface area contributed by atoms with E-state index < -0.39 is 0 Å². The zero-order valence-corrected chi connectivity index (χ0v) is 15.8. The Balaban J connectivity index is 1.94. The highest BCUT2D eigenvalue weighted by Gasteiger charge is 2.40. The lowest BCUT2D eigenvalue weighted by Gasteiger charge is -2.33. The summed E-state index contributed by atoms with van der Waals surface area (Å²) in [4.78, 5) is 29.4. The smallest absolute Gasteiger partial charge is 0.228 e. The molecule has 132 valence electrons. The van der Waals surface area contributed by atoms with Crippen molar-refractivity contribution < 1.29 is 9.59 Å². The second-order valence-electron chi connectivity index (χ2n) is 9.23. The molecule has 0 aliphatic carbocycles. The summed E-state index contributed by atoms with van der Waals surface area (Å²) in [6.45, 7) is 14.8. The molecule has 2 atom stereocenters. The molecule has 4 nitrogen and oxygen atoms in total. The van der Waals surface area contributed by atoms with Gasteiger partial charge in [-0.2, -0.15) is 0 Å². The topological polar surface area (TPSA) is 40.6 Å². The van der Waals surface area contributed by atoms with Crippen LogP contribution in [0.2, 0.25) is 0 Å². The second kappa shape index (κ2) is 6.45. The van der Waals surface area contributed by atoms with Crippen molar-refractivity contribution in [3.05, 3.63) is 0 Å². The number of carbonyl (C=O) groups is 2. The third kappa shape index (κ3) is 4.07. The molecule has 0 bridgehead atoms. The van der Waals surface area contributed by atoms with E-state index in [1.54, 1.807) is 0 Å². The number of likely N-dealkylation sites (tertiary alicyclic amines) is 2. The minimum atomic E-state index is -0.329. The van der Waals surface area contributed by atoms with Gasteiger partial charge in [-0.3, -0.25) is 9.59 Å². The van der Waals surface area contributed by atoms with Crippen LogP contribution < -0.4 is 0 Å². The molecular weight excluding hydrogens is 288 g/mol. The number of hydrogen-bond acceptors (Lipinski definition) is 2. The summed E-state index contributed by atoms with van der Waals surface area (Å²) in [5.41, 5.74) is -0.644. The van der Waals surface area contributed by atoms with Crippen LogP contribution in [0.25, 0.3) is 0 Å². The third-order valence-corrected chi connectivity index (χ3v) is 5.41. The molecule has 0 saturated carbocycles. The van der Waals surface area contributed by atoms with Crippen LogP contribution in [0, 0.1) is 16.7 Å². The molecular formula is C19H34N2O2. The van der Waals surface area contributed by atoms with Gasteiger partial charge in [0.05, 0.1) is 0 Å². The fraction of sp³-hybridized carbons (Fsp3) is 0.895. The Morgan fingerprint density at radius 2 is 1.65 bits per heavy atom. The highest BCUT2D eigenvalue weighted by molar-refractivity contribution is 5.83. The van der Waals surface area contributed by atoms with E-state index in [0.29, 0.717) is 17.9 Å². The van der Waals surface area contributed by atoms with Crippen molar-refractivity contribution in [3.8, 4) is 0 Å². The fourth-order valence-corrected chi connectivity index (χ4v) is 4.09. The predicted molar refractivity (Wildman–Crippen MR) is 92.9 cm³/mol. The van der Waals surface area contributed by atoms with E-state index in [1.807, 2.05) is 25.7 Å². The van der Waals surface area contributed by atoms with Crippen molar-refractivity contribution in [2.75, 3.05) is 19.6 Å². The Morgan fingerprint density at radius 3 is 2.17 bits per heavy atom. The van der Waals surface area contributed by atoms with Crippen LogP contribution in [-0.2, 0) is 9.59 Å². The molecule has 2 aliphatic rings. The summed E-state index contributed by atoms with van der Waals surface area (Å²) in [6, 6.07) is 0.379. The lowest BCUT2D eigenvalue weighted by Crippen LogP contribution is -2.44. The SMILES string of the molecule is CC1CCCN1C(=O)C(C)(C)CC1CCN(C(=O)C(C)(C)C)C1. The molecule has 0 N–H and O–H groups in total. The number of nitrogens with zero attached hydrogens (tertiary/aromatic N) is 2. The molecule has 0 spiro atoms. The first-order valence-corrected chi connectivity index (χ1v) is 9.13. The largest absolute Gasteiger partial charge is 0.342 e. The van der Waals surface area contributed by atoms with Gasteiger partial charge in [0.1, 0.15) is 0 Å². The maximum atomic E-state index is 12.9. The Morgan fingerprint density at radius 1 is 1.00 bits per heavy atom. The molecule has 2 fully saturated rings. The number of carbonyl (C=O) groups excluding carboxylic acids is 2. The van der Waals surface area contributed by atoms with Gasteiger partial charge >= 0.3 is 0 Å². The normalized spacial score (nSPS) is 26.0. The van der Waals surface area contributed by atoms with E-state index >= 15 is 0 Å². The van der Waals surface area contributed by atoms with Gasteiger partial charge in [0.15, 0.2) is 0 Å². The lowest BCUT2D eigenvalue weighted by molar-refractivity contribution is -0.141. The highest BCUT2D eigenvalue weighted by Crippen LogP contribution is 2.35. The van der Waals surface area contributed by atoms with Gasteiger partial charge in [0, 0.05) is 36.5 Å². The molecule has 0 radical (unpaired) electrons. The standard InChI is InChI=1S/C19H34N2O2/c1-14-8-7-10-21(14)17(23)19(5,6)12-15-9-11-20(13-15)16(22)18(2,3)4/h14-15H,7-13H2,1-6H3. The first-order chi connectivity index (χ1) is 10.5. The van der Waals surface area contributed by atoms with Crippen molar-refractivity contribution in [2.24, 2.45) is 16.7 Å². The fourth-order valence-electron chi connectivity index (χ4n) is 4.09. The Labute approximate surface area is 141 Å². The number of amides is 2. The van der Waals surface area contributed by atoms with E-state index in [9.17, 15) is 9.59 Å². The van der Waals surface area contributed by atoms with Crippen LogP contribution in [0.4, 0.5) is 0 Å². The summed E-state index contributed by atoms with van der Waals surface area (Å²) < 4.78 is 0. The first-order valence-electron chi connectivity index (χ1n) is 9.13. The number of hydrogen-bond donors (Lipinski definition) is 0. The number of rotatable bonds is 3. The van der Waals surface area contributed by atoms with Gasteiger partial charge in [0.2, 0.25) is 11.8 Å². The van der Waals surface area contributed by atoms with Crippen LogP contribution in [0.3, 0.4) is 0 Å². The molecule has 2 heterocycles. The quantitative estimate of drug-likeness (QED) is 0.800. The van der Waals surface area contributed by atoms with Gasteiger partial charge < -0.3 is 9.80 Å². The van der Waals surface area contributed by atoms with Crippen LogP contribution in [0.1, 0.15) is 67.2 Å². The Kier molecular flexibility index (Phi) is 5.12. The predicted octanol–water partition coefficient (Wildman–Crippen LogP) is 3.31. The van der Waals surface area contributed by atoms with Crippen LogP contribution in [-0.4, -0.2) is 47.3 Å². The summed E-state index contributed by atoms with van der Waals surface area (Å²) >= 11 is 0. The van der Waals surface area contributed by atoms with Crippen LogP contribution >= 0.6 is 0 Å². The zero-order valence-electron chi connectivity index (χ0n) is 15.8. The molecule has 2 unspecified atom stereocenters. The molecule has 2 saturated heterocycles. The first kappa shape index (κ1) is 18.3. The van der Waals surface area contributed by atoms with Gasteiger partial charge in [-0.1, -0.05) is 34.6 Å². The van der Waals surface area contributed by atoms with Crippen molar-refractivity contribution in [3.63, 3.8) is 0 Å². The zero-order chi connectivity index (χ0) is 17.4. The second-order valence-corrected chi connectivity index (χ2v) is 9.23. The van der Waals surface area contributed by atoms with Crippen molar-refractivity contribution >= 4 is 11.8 Å². The molecule has 0 aromatic heterocycles. The summed E-state index contributed by atoms with van der Waals surface area (Å²) in [6.07, 6.45) is 4.15. The maximum absolute atomic E-state index is 12.9. The van der Waals surface area contributed by atoms with Gasteiger partial charge in [-0.25, -0.2) is 0 Å². The van der Waals surface area contributed by atoms with Gasteiger partial charge in [-0.15, -0.1) is 0 Å². The van der Waals surface area contributed by atoms with Crippen molar-refractivity contribution in [2.45, 2.75) is 73.3 Å². The third-order valence-electron chi connectivity index (χ3n) is 5.41. The average molecular weight is 322 g/mol. The Bertz CT molecular complexity index is 464. The highest BCUT2D eigenvalue weighted by atomic mass is 16.2. The molecule has 23 heavy (non-hydrogen) atoms. The summed E-state index contributed by atoms with van der Waals surface area (Å²) in [7, 11) is 0. The van der Waals surface area contributed by atoms with Gasteiger partial charge in [-0.05, 0) is 38.5 Å². The summed E-state index contributed by atoms with van der Waals surface area (Å²) in [5, 5.41) is 0. The van der Waals surface area contributed by atoms with E-state index in [-0.39, 0.29) is 16.7 Å². The molecule has 0 aromatic carbocycles. The summed E-state index contributed by atoms with van der Waals surface area (Å²) in [5.74, 6) is 0.971. The molecule has 0 aromatic rings. The van der Waals surface area contributed by atoms with Crippen molar-refractivity contribution in [1.82, 2.24) is 9.80 Å². The lowest BCUT2D eigenvalue weighted by atomic mass is 9.81. The monoisotopic (exact) mass is 322 g/mol.